The van der Waals surface area contributed by atoms with Crippen LogP contribution in [0.3, 0.4) is 0 Å². The van der Waals surface area contributed by atoms with Gasteiger partial charge < -0.3 is 4.42 Å². The zero-order valence-electron chi connectivity index (χ0n) is 6.53. The molecule has 0 aliphatic carbocycles. The molecule has 2 heterocycles. The summed E-state index contributed by atoms with van der Waals surface area (Å²) in [4.78, 5) is 14.4. The summed E-state index contributed by atoms with van der Waals surface area (Å²) in [5.41, 5.74) is 0. The van der Waals surface area contributed by atoms with Crippen molar-refractivity contribution in [2.24, 2.45) is 0 Å². The Labute approximate surface area is 74.5 Å². The summed E-state index contributed by atoms with van der Waals surface area (Å²) in [6, 6.07) is 0. The average Bonchev–Trinajstić information content (AvgIpc) is 2.75. The number of hydrogen-bond acceptors (Lipinski definition) is 4. The fourth-order valence-electron chi connectivity index (χ4n) is 1.27. The number of aromatic nitrogens is 1. The van der Waals surface area contributed by atoms with Gasteiger partial charge in [-0.2, -0.15) is 11.8 Å². The van der Waals surface area contributed by atoms with E-state index in [0.717, 1.165) is 18.1 Å². The number of thioether (sulfide) groups is 1. The molecule has 0 saturated carbocycles. The molecule has 1 aliphatic rings. The molecular formula is C8H9NO2S. The maximum Gasteiger partial charge on any atom is 0.199 e. The van der Waals surface area contributed by atoms with Gasteiger partial charge in [-0.15, -0.1) is 0 Å². The lowest BCUT2D eigenvalue weighted by molar-refractivity contribution is 0.109. The molecule has 1 aliphatic heterocycles. The third-order valence-corrected chi connectivity index (χ3v) is 3.10. The lowest BCUT2D eigenvalue weighted by Crippen LogP contribution is -1.95. The fourth-order valence-corrected chi connectivity index (χ4v) is 2.48. The van der Waals surface area contributed by atoms with E-state index in [0.29, 0.717) is 18.0 Å². The Morgan fingerprint density at radius 3 is 3.25 bits per heavy atom. The molecule has 0 aromatic carbocycles. The number of aldehydes is 1. The number of rotatable bonds is 2. The minimum absolute atomic E-state index is 0.335. The molecule has 12 heavy (non-hydrogen) atoms. The highest BCUT2D eigenvalue weighted by Gasteiger charge is 2.21. The van der Waals surface area contributed by atoms with Crippen LogP contribution in [0.4, 0.5) is 0 Å². The normalized spacial score (nSPS) is 22.8. The molecule has 0 N–H and O–H groups in total. The van der Waals surface area contributed by atoms with E-state index in [1.807, 2.05) is 11.8 Å². The van der Waals surface area contributed by atoms with Gasteiger partial charge in [-0.05, 0) is 12.2 Å². The van der Waals surface area contributed by atoms with E-state index in [1.54, 1.807) is 0 Å². The van der Waals surface area contributed by atoms with Crippen LogP contribution in [0, 0.1) is 0 Å². The van der Waals surface area contributed by atoms with Gasteiger partial charge in [-0.3, -0.25) is 4.79 Å². The summed E-state index contributed by atoms with van der Waals surface area (Å²) < 4.78 is 5.22. The van der Waals surface area contributed by atoms with Crippen molar-refractivity contribution in [2.45, 2.75) is 12.3 Å². The van der Waals surface area contributed by atoms with Crippen LogP contribution in [0.2, 0.25) is 0 Å². The van der Waals surface area contributed by atoms with Crippen LogP contribution < -0.4 is 0 Å². The van der Waals surface area contributed by atoms with Gasteiger partial charge in [0.15, 0.2) is 17.9 Å². The highest BCUT2D eigenvalue weighted by Crippen LogP contribution is 2.31. The molecular weight excluding hydrogens is 174 g/mol. The van der Waals surface area contributed by atoms with E-state index in [1.165, 1.54) is 11.9 Å². The lowest BCUT2D eigenvalue weighted by atomic mass is 10.1. The van der Waals surface area contributed by atoms with Crippen molar-refractivity contribution in [3.8, 4) is 0 Å². The predicted octanol–water partition coefficient (Wildman–Crippen LogP) is 1.71. The third kappa shape index (κ3) is 1.39. The summed E-state index contributed by atoms with van der Waals surface area (Å²) in [6.45, 7) is 0. The monoisotopic (exact) mass is 183 g/mol. The van der Waals surface area contributed by atoms with Gasteiger partial charge in [-0.25, -0.2) is 4.98 Å². The Morgan fingerprint density at radius 1 is 1.75 bits per heavy atom. The highest BCUT2D eigenvalue weighted by molar-refractivity contribution is 7.99. The minimum Gasteiger partial charge on any atom is -0.438 e. The molecule has 1 aromatic heterocycles. The maximum absolute atomic E-state index is 10.3. The van der Waals surface area contributed by atoms with E-state index in [4.69, 9.17) is 4.42 Å². The Hall–Kier alpha value is -0.770. The van der Waals surface area contributed by atoms with Gasteiger partial charge >= 0.3 is 0 Å². The van der Waals surface area contributed by atoms with E-state index in [9.17, 15) is 4.79 Å². The quantitative estimate of drug-likeness (QED) is 0.654. The van der Waals surface area contributed by atoms with E-state index in [2.05, 4.69) is 4.98 Å². The second-order valence-corrected chi connectivity index (χ2v) is 3.93. The van der Waals surface area contributed by atoms with Crippen LogP contribution >= 0.6 is 11.8 Å². The van der Waals surface area contributed by atoms with Gasteiger partial charge in [0.05, 0.1) is 6.20 Å². The van der Waals surface area contributed by atoms with Crippen molar-refractivity contribution in [3.63, 3.8) is 0 Å². The Bertz CT molecular complexity index is 278. The molecule has 1 atom stereocenters. The minimum atomic E-state index is 0.335. The Morgan fingerprint density at radius 2 is 2.67 bits per heavy atom. The topological polar surface area (TPSA) is 43.1 Å². The molecule has 1 aromatic rings. The Balaban J connectivity index is 2.16. The van der Waals surface area contributed by atoms with Crippen LogP contribution in [0.25, 0.3) is 0 Å². The number of nitrogens with zero attached hydrogens (tertiary/aromatic N) is 1. The molecule has 0 spiro atoms. The van der Waals surface area contributed by atoms with Crippen molar-refractivity contribution in [2.75, 3.05) is 11.5 Å². The number of carbonyl (C=O) groups excluding carboxylic acids is 1. The molecule has 2 rings (SSSR count). The Kier molecular flexibility index (Phi) is 2.17. The number of carbonyl (C=O) groups is 1. The third-order valence-electron chi connectivity index (χ3n) is 1.94. The lowest BCUT2D eigenvalue weighted by Gasteiger charge is -1.99. The molecule has 3 nitrogen and oxygen atoms in total. The van der Waals surface area contributed by atoms with E-state index < -0.39 is 0 Å². The largest absolute Gasteiger partial charge is 0.438 e. The molecule has 1 saturated heterocycles. The molecule has 1 unspecified atom stereocenters. The van der Waals surface area contributed by atoms with E-state index >= 15 is 0 Å². The van der Waals surface area contributed by atoms with Crippen molar-refractivity contribution in [1.82, 2.24) is 4.98 Å². The van der Waals surface area contributed by atoms with Gasteiger partial charge in [0, 0.05) is 11.7 Å². The first-order chi connectivity index (χ1) is 5.90. The first-order valence-corrected chi connectivity index (χ1v) is 5.04. The van der Waals surface area contributed by atoms with Crippen molar-refractivity contribution in [1.29, 1.82) is 0 Å². The standard InChI is InChI=1S/C8H9NO2S/c10-4-7-3-9-8(11-7)6-1-2-12-5-6/h3-4,6H,1-2,5H2. The molecule has 64 valence electrons. The summed E-state index contributed by atoms with van der Waals surface area (Å²) in [7, 11) is 0. The van der Waals surface area contributed by atoms with Crippen molar-refractivity contribution >= 4 is 18.0 Å². The van der Waals surface area contributed by atoms with Crippen LogP contribution in [0.5, 0.6) is 0 Å². The number of oxazole rings is 1. The van der Waals surface area contributed by atoms with Gasteiger partial charge in [0.25, 0.3) is 0 Å². The maximum atomic E-state index is 10.3. The smallest absolute Gasteiger partial charge is 0.199 e. The first-order valence-electron chi connectivity index (χ1n) is 3.89. The first kappa shape index (κ1) is 7.86. The van der Waals surface area contributed by atoms with E-state index in [-0.39, 0.29) is 0 Å². The van der Waals surface area contributed by atoms with Crippen LogP contribution in [-0.2, 0) is 0 Å². The predicted molar refractivity (Wildman–Crippen MR) is 46.6 cm³/mol. The summed E-state index contributed by atoms with van der Waals surface area (Å²) in [5, 5.41) is 0. The van der Waals surface area contributed by atoms with Crippen molar-refractivity contribution in [3.05, 3.63) is 17.8 Å². The molecule has 4 heteroatoms. The van der Waals surface area contributed by atoms with Crippen LogP contribution in [0.15, 0.2) is 10.6 Å². The summed E-state index contributed by atoms with van der Waals surface area (Å²) in [6.07, 6.45) is 3.30. The van der Waals surface area contributed by atoms with Gasteiger partial charge in [0.2, 0.25) is 0 Å². The molecule has 0 bridgehead atoms. The second-order valence-electron chi connectivity index (χ2n) is 2.78. The fraction of sp³-hybridized carbons (Fsp3) is 0.500. The van der Waals surface area contributed by atoms with Crippen LogP contribution in [0.1, 0.15) is 28.8 Å². The number of hydrogen-bond donors (Lipinski definition) is 0. The van der Waals surface area contributed by atoms with Gasteiger partial charge in [-0.1, -0.05) is 0 Å². The highest BCUT2D eigenvalue weighted by atomic mass is 32.2. The average molecular weight is 183 g/mol. The van der Waals surface area contributed by atoms with Gasteiger partial charge in [0.1, 0.15) is 0 Å². The van der Waals surface area contributed by atoms with Crippen LogP contribution in [-0.4, -0.2) is 22.8 Å². The second kappa shape index (κ2) is 3.31. The molecule has 0 amide bonds. The molecule has 1 fully saturated rings. The summed E-state index contributed by atoms with van der Waals surface area (Å²) >= 11 is 1.91. The zero-order valence-corrected chi connectivity index (χ0v) is 7.34. The molecule has 0 radical (unpaired) electrons. The van der Waals surface area contributed by atoms with Crippen molar-refractivity contribution < 1.29 is 9.21 Å². The summed E-state index contributed by atoms with van der Waals surface area (Å²) in [5.74, 6) is 3.72. The SMILES string of the molecule is O=Cc1cnc(C2CCSC2)o1. The zero-order chi connectivity index (χ0) is 8.39.